The summed E-state index contributed by atoms with van der Waals surface area (Å²) in [6, 6.07) is 24.3. The van der Waals surface area contributed by atoms with Gasteiger partial charge in [0.05, 0.1) is 31.9 Å². The molecule has 1 aliphatic rings. The molecule has 2 N–H and O–H groups in total. The number of piperazine rings is 1. The van der Waals surface area contributed by atoms with E-state index in [1.165, 1.54) is 11.0 Å². The van der Waals surface area contributed by atoms with Crippen molar-refractivity contribution in [3.8, 4) is 5.75 Å². The molecule has 160 valence electrons. The number of hydrogen-bond acceptors (Lipinski definition) is 3. The molecule has 0 radical (unpaired) electrons. The van der Waals surface area contributed by atoms with Crippen molar-refractivity contribution in [2.45, 2.75) is 6.61 Å². The van der Waals surface area contributed by atoms with Gasteiger partial charge in [0.2, 0.25) is 0 Å². The standard InChI is InChI=1S/C25H26FN3O2/c26-23-8-4-5-9-24(23)29-16-14-28(15-17-29)18-25(30)27-21-10-12-22(13-11-21)31-19-20-6-2-1-3-7-20/h1-13H,14-19H2,(H,27,30)/p+1. The zero-order chi connectivity index (χ0) is 21.5. The number of hydrogen-bond donors (Lipinski definition) is 2. The minimum atomic E-state index is -0.195. The smallest absolute Gasteiger partial charge is 0.279 e. The Morgan fingerprint density at radius 2 is 1.61 bits per heavy atom. The number of quaternary nitrogens is 1. The first kappa shape index (κ1) is 20.9. The molecule has 1 aliphatic heterocycles. The number of para-hydroxylation sites is 1. The third-order valence-corrected chi connectivity index (χ3v) is 5.46. The van der Waals surface area contributed by atoms with Crippen molar-refractivity contribution >= 4 is 17.3 Å². The summed E-state index contributed by atoms with van der Waals surface area (Å²) in [5, 5.41) is 2.95. The molecule has 0 aliphatic carbocycles. The highest BCUT2D eigenvalue weighted by atomic mass is 19.1. The van der Waals surface area contributed by atoms with Crippen molar-refractivity contribution in [3.05, 3.63) is 90.2 Å². The fraction of sp³-hybridized carbons (Fsp3) is 0.240. The fourth-order valence-corrected chi connectivity index (χ4v) is 3.76. The van der Waals surface area contributed by atoms with Crippen LogP contribution in [0, 0.1) is 5.82 Å². The molecule has 0 aromatic heterocycles. The molecule has 6 heteroatoms. The molecule has 0 bridgehead atoms. The van der Waals surface area contributed by atoms with Crippen molar-refractivity contribution < 1.29 is 18.8 Å². The molecule has 1 fully saturated rings. The van der Waals surface area contributed by atoms with Crippen molar-refractivity contribution in [1.29, 1.82) is 0 Å². The predicted octanol–water partition coefficient (Wildman–Crippen LogP) is 2.75. The van der Waals surface area contributed by atoms with Gasteiger partial charge >= 0.3 is 0 Å². The summed E-state index contributed by atoms with van der Waals surface area (Å²) < 4.78 is 19.7. The second kappa shape index (κ2) is 10.1. The normalized spacial score (nSPS) is 14.3. The summed E-state index contributed by atoms with van der Waals surface area (Å²) in [6.07, 6.45) is 0. The van der Waals surface area contributed by atoms with Crippen LogP contribution >= 0.6 is 0 Å². The van der Waals surface area contributed by atoms with Crippen LogP contribution < -0.4 is 19.9 Å². The average molecular weight is 421 g/mol. The van der Waals surface area contributed by atoms with Crippen LogP contribution in [-0.4, -0.2) is 38.6 Å². The van der Waals surface area contributed by atoms with E-state index in [2.05, 4.69) is 5.32 Å². The Kier molecular flexibility index (Phi) is 6.79. The van der Waals surface area contributed by atoms with Crippen LogP contribution in [0.3, 0.4) is 0 Å². The molecule has 0 spiro atoms. The van der Waals surface area contributed by atoms with Crippen molar-refractivity contribution in [2.75, 3.05) is 42.9 Å². The molecule has 3 aromatic rings. The maximum absolute atomic E-state index is 14.0. The number of rotatable bonds is 7. The second-order valence-electron chi connectivity index (χ2n) is 7.71. The van der Waals surface area contributed by atoms with Gasteiger partial charge in [0.1, 0.15) is 18.2 Å². The molecule has 3 aromatic carbocycles. The van der Waals surface area contributed by atoms with Gasteiger partial charge in [0.15, 0.2) is 6.54 Å². The quantitative estimate of drug-likeness (QED) is 0.618. The van der Waals surface area contributed by atoms with Crippen molar-refractivity contribution in [1.82, 2.24) is 0 Å². The molecule has 4 rings (SSSR count). The second-order valence-corrected chi connectivity index (χ2v) is 7.71. The van der Waals surface area contributed by atoms with Crippen LogP contribution in [-0.2, 0) is 11.4 Å². The molecule has 0 atom stereocenters. The van der Waals surface area contributed by atoms with Gasteiger partial charge < -0.3 is 19.9 Å². The van der Waals surface area contributed by atoms with E-state index in [9.17, 15) is 9.18 Å². The molecule has 5 nitrogen and oxygen atoms in total. The maximum atomic E-state index is 14.0. The van der Waals surface area contributed by atoms with Crippen LogP contribution in [0.1, 0.15) is 5.56 Å². The van der Waals surface area contributed by atoms with Crippen LogP contribution in [0.15, 0.2) is 78.9 Å². The Hall–Kier alpha value is -3.38. The first-order valence-electron chi connectivity index (χ1n) is 10.6. The number of benzene rings is 3. The lowest BCUT2D eigenvalue weighted by Crippen LogP contribution is -3.15. The van der Waals surface area contributed by atoms with Crippen LogP contribution in [0.4, 0.5) is 15.8 Å². The van der Waals surface area contributed by atoms with E-state index in [1.54, 1.807) is 12.1 Å². The Bertz CT molecular complexity index is 987. The molecule has 31 heavy (non-hydrogen) atoms. The van der Waals surface area contributed by atoms with Gasteiger partial charge in [0.25, 0.3) is 5.91 Å². The highest BCUT2D eigenvalue weighted by molar-refractivity contribution is 5.91. The summed E-state index contributed by atoms with van der Waals surface area (Å²) in [5.41, 5.74) is 2.50. The number of nitrogens with one attached hydrogen (secondary N) is 2. The summed E-state index contributed by atoms with van der Waals surface area (Å²) in [4.78, 5) is 15.7. The van der Waals surface area contributed by atoms with E-state index in [4.69, 9.17) is 4.74 Å². The average Bonchev–Trinajstić information content (AvgIpc) is 2.80. The third kappa shape index (κ3) is 5.83. The van der Waals surface area contributed by atoms with Gasteiger partial charge in [-0.15, -0.1) is 0 Å². The molecule has 1 heterocycles. The Morgan fingerprint density at radius 3 is 2.32 bits per heavy atom. The highest BCUT2D eigenvalue weighted by Crippen LogP contribution is 2.18. The van der Waals surface area contributed by atoms with Gasteiger partial charge in [-0.25, -0.2) is 4.39 Å². The molecule has 1 saturated heterocycles. The number of halogens is 1. The molecular formula is C25H27FN3O2+. The van der Waals surface area contributed by atoms with E-state index in [-0.39, 0.29) is 11.7 Å². The number of ether oxygens (including phenoxy) is 1. The van der Waals surface area contributed by atoms with Crippen LogP contribution in [0.2, 0.25) is 0 Å². The van der Waals surface area contributed by atoms with Crippen molar-refractivity contribution in [3.63, 3.8) is 0 Å². The van der Waals surface area contributed by atoms with E-state index < -0.39 is 0 Å². The topological polar surface area (TPSA) is 46.0 Å². The predicted molar refractivity (Wildman–Crippen MR) is 120 cm³/mol. The first-order valence-corrected chi connectivity index (χ1v) is 10.6. The zero-order valence-electron chi connectivity index (χ0n) is 17.4. The zero-order valence-corrected chi connectivity index (χ0v) is 17.4. The van der Waals surface area contributed by atoms with E-state index in [0.29, 0.717) is 18.8 Å². The Labute approximate surface area is 182 Å². The molecule has 0 unspecified atom stereocenters. The van der Waals surface area contributed by atoms with Gasteiger partial charge in [-0.2, -0.15) is 0 Å². The molecule has 1 amide bonds. The number of carbonyl (C=O) groups is 1. The largest absolute Gasteiger partial charge is 0.489 e. The lowest BCUT2D eigenvalue weighted by atomic mass is 10.2. The number of amides is 1. The van der Waals surface area contributed by atoms with Crippen LogP contribution in [0.25, 0.3) is 0 Å². The number of carbonyl (C=O) groups excluding carboxylic acids is 1. The van der Waals surface area contributed by atoms with Crippen LogP contribution in [0.5, 0.6) is 5.75 Å². The van der Waals surface area contributed by atoms with E-state index in [1.807, 2.05) is 65.6 Å². The Morgan fingerprint density at radius 1 is 0.935 bits per heavy atom. The SMILES string of the molecule is O=C(C[NH+]1CCN(c2ccccc2F)CC1)Nc1ccc(OCc2ccccc2)cc1. The van der Waals surface area contributed by atoms with Gasteiger partial charge in [-0.05, 0) is 42.0 Å². The summed E-state index contributed by atoms with van der Waals surface area (Å²) in [5.74, 6) is 0.545. The summed E-state index contributed by atoms with van der Waals surface area (Å²) in [6.45, 7) is 3.97. The highest BCUT2D eigenvalue weighted by Gasteiger charge is 2.23. The lowest BCUT2D eigenvalue weighted by Gasteiger charge is -2.33. The first-order chi connectivity index (χ1) is 15.2. The van der Waals surface area contributed by atoms with Gasteiger partial charge in [0, 0.05) is 5.69 Å². The fourth-order valence-electron chi connectivity index (χ4n) is 3.76. The number of nitrogens with zero attached hydrogens (tertiary/aromatic N) is 1. The van der Waals surface area contributed by atoms with E-state index >= 15 is 0 Å². The molecular weight excluding hydrogens is 393 g/mol. The van der Waals surface area contributed by atoms with Gasteiger partial charge in [-0.1, -0.05) is 42.5 Å². The summed E-state index contributed by atoms with van der Waals surface area (Å²) >= 11 is 0. The summed E-state index contributed by atoms with van der Waals surface area (Å²) in [7, 11) is 0. The monoisotopic (exact) mass is 420 g/mol. The Balaban J connectivity index is 1.21. The number of anilines is 2. The van der Waals surface area contributed by atoms with E-state index in [0.717, 1.165) is 43.2 Å². The van der Waals surface area contributed by atoms with Gasteiger partial charge in [-0.3, -0.25) is 4.79 Å². The third-order valence-electron chi connectivity index (χ3n) is 5.46. The minimum absolute atomic E-state index is 0.0210. The van der Waals surface area contributed by atoms with Crippen molar-refractivity contribution in [2.24, 2.45) is 0 Å². The molecule has 0 saturated carbocycles. The maximum Gasteiger partial charge on any atom is 0.279 e. The lowest BCUT2D eigenvalue weighted by molar-refractivity contribution is -0.892. The minimum Gasteiger partial charge on any atom is -0.489 e.